The smallest absolute Gasteiger partial charge is 0.343 e. The summed E-state index contributed by atoms with van der Waals surface area (Å²) in [7, 11) is 0. The van der Waals surface area contributed by atoms with E-state index < -0.39 is 5.97 Å². The van der Waals surface area contributed by atoms with Crippen LogP contribution in [0.1, 0.15) is 37.4 Å². The third-order valence-corrected chi connectivity index (χ3v) is 4.07. The van der Waals surface area contributed by atoms with Crippen LogP contribution in [0.3, 0.4) is 0 Å². The number of aryl methyl sites for hydroxylation is 2. The van der Waals surface area contributed by atoms with Crippen molar-refractivity contribution in [3.63, 3.8) is 0 Å². The number of rotatable bonds is 5. The monoisotopic (exact) mass is 372 g/mol. The van der Waals surface area contributed by atoms with E-state index >= 15 is 0 Å². The second-order valence-corrected chi connectivity index (χ2v) is 6.39. The van der Waals surface area contributed by atoms with E-state index in [-0.39, 0.29) is 5.91 Å². The minimum atomic E-state index is -0.410. The van der Waals surface area contributed by atoms with Crippen LogP contribution < -0.4 is 10.2 Å². The number of hydrazone groups is 1. The Hall–Kier alpha value is -3.73. The maximum atomic E-state index is 12.1. The first-order valence-corrected chi connectivity index (χ1v) is 8.80. The van der Waals surface area contributed by atoms with E-state index in [9.17, 15) is 9.59 Å². The molecule has 0 aliphatic carbocycles. The van der Waals surface area contributed by atoms with Gasteiger partial charge in [0.05, 0.1) is 11.8 Å². The fourth-order valence-corrected chi connectivity index (χ4v) is 2.41. The first-order valence-electron chi connectivity index (χ1n) is 8.80. The fourth-order valence-electron chi connectivity index (χ4n) is 2.41. The van der Waals surface area contributed by atoms with Crippen molar-refractivity contribution >= 4 is 18.1 Å². The maximum absolute atomic E-state index is 12.1. The Kier molecular flexibility index (Phi) is 5.97. The number of nitrogens with zero attached hydrogens (tertiary/aromatic N) is 1. The number of nitrogens with one attached hydrogen (secondary N) is 1. The molecule has 3 aromatic rings. The number of benzene rings is 3. The van der Waals surface area contributed by atoms with Gasteiger partial charge in [-0.05, 0) is 67.9 Å². The lowest BCUT2D eigenvalue weighted by molar-refractivity contribution is 0.0734. The predicted octanol–water partition coefficient (Wildman–Crippen LogP) is 4.29. The summed E-state index contributed by atoms with van der Waals surface area (Å²) in [6.45, 7) is 3.92. The Morgan fingerprint density at radius 1 is 0.786 bits per heavy atom. The molecule has 0 heterocycles. The summed E-state index contributed by atoms with van der Waals surface area (Å²) in [5, 5.41) is 3.95. The van der Waals surface area contributed by atoms with Crippen molar-refractivity contribution in [1.29, 1.82) is 0 Å². The first kappa shape index (κ1) is 19.0. The molecule has 3 rings (SSSR count). The van der Waals surface area contributed by atoms with E-state index in [1.54, 1.807) is 48.5 Å². The van der Waals surface area contributed by atoms with Crippen molar-refractivity contribution in [2.75, 3.05) is 0 Å². The summed E-state index contributed by atoms with van der Waals surface area (Å²) in [6.07, 6.45) is 1.53. The zero-order valence-electron chi connectivity index (χ0n) is 15.7. The summed E-state index contributed by atoms with van der Waals surface area (Å²) >= 11 is 0. The van der Waals surface area contributed by atoms with Crippen molar-refractivity contribution < 1.29 is 14.3 Å². The SMILES string of the molecule is Cc1ccc(C(=O)N/N=C\c2ccc(OC(=O)c3ccc(C)cc3)cc2)cc1. The van der Waals surface area contributed by atoms with E-state index in [1.165, 1.54) is 6.21 Å². The molecule has 0 radical (unpaired) electrons. The van der Waals surface area contributed by atoms with Crippen LogP contribution in [0, 0.1) is 13.8 Å². The second-order valence-electron chi connectivity index (χ2n) is 6.39. The summed E-state index contributed by atoms with van der Waals surface area (Å²) in [6, 6.07) is 21.3. The molecule has 140 valence electrons. The van der Waals surface area contributed by atoms with Crippen LogP contribution in [-0.2, 0) is 0 Å². The molecule has 1 N–H and O–H groups in total. The number of amides is 1. The van der Waals surface area contributed by atoms with E-state index in [1.807, 2.05) is 38.1 Å². The summed E-state index contributed by atoms with van der Waals surface area (Å²) in [5.41, 5.74) is 6.45. The molecule has 0 bridgehead atoms. The molecular weight excluding hydrogens is 352 g/mol. The lowest BCUT2D eigenvalue weighted by Crippen LogP contribution is -2.17. The third-order valence-electron chi connectivity index (χ3n) is 4.07. The molecule has 0 fully saturated rings. The van der Waals surface area contributed by atoms with Gasteiger partial charge in [0.25, 0.3) is 5.91 Å². The molecule has 0 unspecified atom stereocenters. The lowest BCUT2D eigenvalue weighted by atomic mass is 10.1. The molecular formula is C23H20N2O3. The highest BCUT2D eigenvalue weighted by atomic mass is 16.5. The van der Waals surface area contributed by atoms with Crippen molar-refractivity contribution in [2.45, 2.75) is 13.8 Å². The van der Waals surface area contributed by atoms with Gasteiger partial charge in [-0.2, -0.15) is 5.10 Å². The molecule has 1 amide bonds. The standard InChI is InChI=1S/C23H20N2O3/c1-16-3-9-19(10-4-16)22(26)25-24-15-18-7-13-21(14-8-18)28-23(27)20-11-5-17(2)6-12-20/h3-15H,1-2H3,(H,25,26)/b24-15-. The molecule has 0 saturated heterocycles. The Balaban J connectivity index is 1.55. The normalized spacial score (nSPS) is 10.6. The third kappa shape index (κ3) is 5.14. The van der Waals surface area contributed by atoms with Gasteiger partial charge in [-0.15, -0.1) is 0 Å². The molecule has 0 aliphatic rings. The first-order chi connectivity index (χ1) is 13.5. The largest absolute Gasteiger partial charge is 0.423 e. The number of hydrogen-bond acceptors (Lipinski definition) is 4. The van der Waals surface area contributed by atoms with Crippen molar-refractivity contribution in [1.82, 2.24) is 5.43 Å². The highest BCUT2D eigenvalue weighted by Gasteiger charge is 2.08. The number of esters is 1. The van der Waals surface area contributed by atoms with E-state index in [2.05, 4.69) is 10.5 Å². The Bertz CT molecular complexity index is 990. The predicted molar refractivity (Wildman–Crippen MR) is 109 cm³/mol. The number of ether oxygens (including phenoxy) is 1. The van der Waals surface area contributed by atoms with Crippen molar-refractivity contribution in [3.05, 3.63) is 101 Å². The minimum Gasteiger partial charge on any atom is -0.423 e. The summed E-state index contributed by atoms with van der Waals surface area (Å²) < 4.78 is 5.35. The van der Waals surface area contributed by atoms with E-state index in [0.29, 0.717) is 16.9 Å². The van der Waals surface area contributed by atoms with Gasteiger partial charge in [0.2, 0.25) is 0 Å². The van der Waals surface area contributed by atoms with Gasteiger partial charge in [0, 0.05) is 5.56 Å². The topological polar surface area (TPSA) is 67.8 Å². The molecule has 0 aromatic heterocycles. The van der Waals surface area contributed by atoms with Crippen LogP contribution in [-0.4, -0.2) is 18.1 Å². The van der Waals surface area contributed by atoms with Crippen LogP contribution in [0.15, 0.2) is 77.9 Å². The number of carbonyl (C=O) groups excluding carboxylic acids is 2. The van der Waals surface area contributed by atoms with Crippen molar-refractivity contribution in [2.24, 2.45) is 5.10 Å². The van der Waals surface area contributed by atoms with Crippen molar-refractivity contribution in [3.8, 4) is 5.75 Å². The molecule has 0 atom stereocenters. The van der Waals surface area contributed by atoms with Crippen LogP contribution in [0.2, 0.25) is 0 Å². The Morgan fingerprint density at radius 2 is 1.32 bits per heavy atom. The average molecular weight is 372 g/mol. The van der Waals surface area contributed by atoms with Gasteiger partial charge >= 0.3 is 5.97 Å². The Morgan fingerprint density at radius 3 is 1.89 bits per heavy atom. The highest BCUT2D eigenvalue weighted by Crippen LogP contribution is 2.14. The summed E-state index contributed by atoms with van der Waals surface area (Å²) in [5.74, 6) is -0.252. The second kappa shape index (κ2) is 8.77. The Labute approximate surface area is 163 Å². The molecule has 5 nitrogen and oxygen atoms in total. The number of hydrogen-bond donors (Lipinski definition) is 1. The van der Waals surface area contributed by atoms with Gasteiger partial charge in [-0.3, -0.25) is 4.79 Å². The average Bonchev–Trinajstić information content (AvgIpc) is 2.70. The lowest BCUT2D eigenvalue weighted by Gasteiger charge is -2.05. The van der Waals surface area contributed by atoms with Gasteiger partial charge in [-0.25, -0.2) is 10.2 Å². The van der Waals surface area contributed by atoms with Gasteiger partial charge in [-0.1, -0.05) is 35.4 Å². The molecule has 28 heavy (non-hydrogen) atoms. The van der Waals surface area contributed by atoms with Gasteiger partial charge < -0.3 is 4.74 Å². The maximum Gasteiger partial charge on any atom is 0.343 e. The molecule has 3 aromatic carbocycles. The molecule has 0 spiro atoms. The quantitative estimate of drug-likeness (QED) is 0.314. The highest BCUT2D eigenvalue weighted by molar-refractivity contribution is 5.95. The van der Waals surface area contributed by atoms with Crippen LogP contribution in [0.25, 0.3) is 0 Å². The zero-order valence-corrected chi connectivity index (χ0v) is 15.7. The van der Waals surface area contributed by atoms with Crippen LogP contribution in [0.5, 0.6) is 5.75 Å². The van der Waals surface area contributed by atoms with Gasteiger partial charge in [0.1, 0.15) is 5.75 Å². The summed E-state index contributed by atoms with van der Waals surface area (Å²) in [4.78, 5) is 24.1. The van der Waals surface area contributed by atoms with E-state index in [4.69, 9.17) is 4.74 Å². The zero-order chi connectivity index (χ0) is 19.9. The van der Waals surface area contributed by atoms with Gasteiger partial charge in [0.15, 0.2) is 0 Å². The van der Waals surface area contributed by atoms with E-state index in [0.717, 1.165) is 16.7 Å². The van der Waals surface area contributed by atoms with Crippen LogP contribution >= 0.6 is 0 Å². The molecule has 5 heteroatoms. The number of carbonyl (C=O) groups is 2. The molecule has 0 saturated carbocycles. The molecule has 0 aliphatic heterocycles. The van der Waals surface area contributed by atoms with Crippen LogP contribution in [0.4, 0.5) is 0 Å². The fraction of sp³-hybridized carbons (Fsp3) is 0.0870. The minimum absolute atomic E-state index is 0.278.